The fourth-order valence-electron chi connectivity index (χ4n) is 1.42. The largest absolute Gasteiger partial charge is 0.385 e. The van der Waals surface area contributed by atoms with Crippen LogP contribution in [0.15, 0.2) is 6.20 Å². The van der Waals surface area contributed by atoms with Crippen molar-refractivity contribution in [1.29, 1.82) is 0 Å². The summed E-state index contributed by atoms with van der Waals surface area (Å²) in [6.07, 6.45) is 2.73. The van der Waals surface area contributed by atoms with Crippen molar-refractivity contribution in [2.75, 3.05) is 31.3 Å². The van der Waals surface area contributed by atoms with Crippen molar-refractivity contribution in [2.24, 2.45) is 5.41 Å². The topological polar surface area (TPSA) is 73.1 Å². The van der Waals surface area contributed by atoms with Gasteiger partial charge in [-0.3, -0.25) is 0 Å². The number of hydrogen-bond acceptors (Lipinski definition) is 5. The number of nitrogens with one attached hydrogen (secondary N) is 1. The highest BCUT2D eigenvalue weighted by Gasteiger charge is 2.17. The van der Waals surface area contributed by atoms with Crippen LogP contribution < -0.4 is 11.1 Å². The predicted molar refractivity (Wildman–Crippen MR) is 69.9 cm³/mol. The van der Waals surface area contributed by atoms with Crippen molar-refractivity contribution in [3.63, 3.8) is 0 Å². The Labute approximate surface area is 103 Å². The van der Waals surface area contributed by atoms with E-state index in [1.54, 1.807) is 13.3 Å². The number of hydrogen-bond donors (Lipinski definition) is 2. The molecule has 17 heavy (non-hydrogen) atoms. The number of aryl methyl sites for hydroxylation is 1. The van der Waals surface area contributed by atoms with Crippen molar-refractivity contribution in [1.82, 2.24) is 9.97 Å². The lowest BCUT2D eigenvalue weighted by atomic mass is 9.90. The smallest absolute Gasteiger partial charge is 0.221 e. The molecule has 0 unspecified atom stereocenters. The molecule has 0 amide bonds. The van der Waals surface area contributed by atoms with Gasteiger partial charge in [0.1, 0.15) is 5.82 Å². The SMILES string of the molecule is COCCC(C)(C)CNc1nc(N)ncc1C. The Morgan fingerprint density at radius 2 is 2.18 bits per heavy atom. The van der Waals surface area contributed by atoms with E-state index >= 15 is 0 Å². The zero-order chi connectivity index (χ0) is 12.9. The molecule has 0 aliphatic heterocycles. The minimum absolute atomic E-state index is 0.155. The van der Waals surface area contributed by atoms with Crippen molar-refractivity contribution in [2.45, 2.75) is 27.2 Å². The van der Waals surface area contributed by atoms with Crippen LogP contribution in [-0.2, 0) is 4.74 Å². The lowest BCUT2D eigenvalue weighted by Gasteiger charge is -2.25. The first-order chi connectivity index (χ1) is 7.94. The summed E-state index contributed by atoms with van der Waals surface area (Å²) in [7, 11) is 1.72. The van der Waals surface area contributed by atoms with Gasteiger partial charge in [0.25, 0.3) is 0 Å². The Kier molecular flexibility index (Phi) is 4.69. The van der Waals surface area contributed by atoms with Crippen LogP contribution >= 0.6 is 0 Å². The van der Waals surface area contributed by atoms with E-state index < -0.39 is 0 Å². The molecule has 0 aromatic carbocycles. The highest BCUT2D eigenvalue weighted by atomic mass is 16.5. The summed E-state index contributed by atoms with van der Waals surface area (Å²) in [5.41, 5.74) is 6.72. The Bertz CT molecular complexity index is 366. The third-order valence-corrected chi connectivity index (χ3v) is 2.71. The minimum Gasteiger partial charge on any atom is -0.385 e. The van der Waals surface area contributed by atoms with E-state index in [9.17, 15) is 0 Å². The highest BCUT2D eigenvalue weighted by molar-refractivity contribution is 5.45. The summed E-state index contributed by atoms with van der Waals surface area (Å²) in [5.74, 6) is 1.11. The lowest BCUT2D eigenvalue weighted by Crippen LogP contribution is -2.25. The molecule has 0 aliphatic rings. The maximum Gasteiger partial charge on any atom is 0.221 e. The summed E-state index contributed by atoms with van der Waals surface area (Å²) >= 11 is 0. The van der Waals surface area contributed by atoms with Gasteiger partial charge in [0.05, 0.1) is 0 Å². The van der Waals surface area contributed by atoms with Crippen molar-refractivity contribution < 1.29 is 4.74 Å². The molecule has 1 rings (SSSR count). The van der Waals surface area contributed by atoms with Gasteiger partial charge in [-0.1, -0.05) is 13.8 Å². The lowest BCUT2D eigenvalue weighted by molar-refractivity contribution is 0.157. The standard InChI is InChI=1S/C12H22N4O/c1-9-7-14-11(13)16-10(9)15-8-12(2,3)5-6-17-4/h7H,5-6,8H2,1-4H3,(H3,13,14,15,16). The van der Waals surface area contributed by atoms with Crippen LogP contribution in [0.3, 0.4) is 0 Å². The summed E-state index contributed by atoms with van der Waals surface area (Å²) in [6.45, 7) is 7.94. The first-order valence-electron chi connectivity index (χ1n) is 5.76. The average Bonchev–Trinajstić information content (AvgIpc) is 2.28. The molecule has 0 saturated carbocycles. The predicted octanol–water partition coefficient (Wildman–Crippen LogP) is 1.84. The van der Waals surface area contributed by atoms with Gasteiger partial charge in [0, 0.05) is 32.0 Å². The number of nitrogen functional groups attached to an aromatic ring is 1. The van der Waals surface area contributed by atoms with E-state index in [-0.39, 0.29) is 5.41 Å². The second-order valence-corrected chi connectivity index (χ2v) is 5.02. The molecule has 0 radical (unpaired) electrons. The van der Waals surface area contributed by atoms with Crippen LogP contribution in [0.1, 0.15) is 25.8 Å². The third-order valence-electron chi connectivity index (χ3n) is 2.71. The molecule has 0 bridgehead atoms. The van der Waals surface area contributed by atoms with Crippen LogP contribution in [0.4, 0.5) is 11.8 Å². The number of methoxy groups -OCH3 is 1. The zero-order valence-corrected chi connectivity index (χ0v) is 11.1. The molecule has 0 spiro atoms. The monoisotopic (exact) mass is 238 g/mol. The van der Waals surface area contributed by atoms with Gasteiger partial charge in [-0.15, -0.1) is 0 Å². The first kappa shape index (κ1) is 13.7. The van der Waals surface area contributed by atoms with Gasteiger partial charge in [0.2, 0.25) is 5.95 Å². The molecule has 3 N–H and O–H groups in total. The van der Waals surface area contributed by atoms with Crippen molar-refractivity contribution >= 4 is 11.8 Å². The van der Waals surface area contributed by atoms with E-state index in [0.717, 1.165) is 31.0 Å². The van der Waals surface area contributed by atoms with Gasteiger partial charge < -0.3 is 15.8 Å². The number of ether oxygens (including phenoxy) is 1. The van der Waals surface area contributed by atoms with Crippen LogP contribution in [0, 0.1) is 12.3 Å². The summed E-state index contributed by atoms with van der Waals surface area (Å²) in [5, 5.41) is 3.32. The Hall–Kier alpha value is -1.36. The normalized spacial score (nSPS) is 11.5. The zero-order valence-electron chi connectivity index (χ0n) is 11.1. The quantitative estimate of drug-likeness (QED) is 0.791. The van der Waals surface area contributed by atoms with Crippen LogP contribution in [0.5, 0.6) is 0 Å². The highest BCUT2D eigenvalue weighted by Crippen LogP contribution is 2.21. The number of aromatic nitrogens is 2. The van der Waals surface area contributed by atoms with Gasteiger partial charge in [-0.05, 0) is 18.8 Å². The molecule has 0 fully saturated rings. The van der Waals surface area contributed by atoms with Gasteiger partial charge >= 0.3 is 0 Å². The molecular weight excluding hydrogens is 216 g/mol. The maximum atomic E-state index is 5.56. The van der Waals surface area contributed by atoms with Crippen LogP contribution in [-0.4, -0.2) is 30.2 Å². The van der Waals surface area contributed by atoms with E-state index in [0.29, 0.717) is 5.95 Å². The number of anilines is 2. The maximum absolute atomic E-state index is 5.56. The molecular formula is C12H22N4O. The van der Waals surface area contributed by atoms with Crippen molar-refractivity contribution in [3.8, 4) is 0 Å². The molecule has 0 atom stereocenters. The number of nitrogens with two attached hydrogens (primary N) is 1. The fourth-order valence-corrected chi connectivity index (χ4v) is 1.42. The molecule has 5 heteroatoms. The van der Waals surface area contributed by atoms with E-state index in [2.05, 4.69) is 29.1 Å². The molecule has 1 aromatic heterocycles. The van der Waals surface area contributed by atoms with Crippen LogP contribution in [0.25, 0.3) is 0 Å². The van der Waals surface area contributed by atoms with E-state index in [1.165, 1.54) is 0 Å². The Balaban J connectivity index is 2.57. The average molecular weight is 238 g/mol. The number of nitrogens with zero attached hydrogens (tertiary/aromatic N) is 2. The van der Waals surface area contributed by atoms with E-state index in [4.69, 9.17) is 10.5 Å². The van der Waals surface area contributed by atoms with Gasteiger partial charge in [0.15, 0.2) is 0 Å². The Morgan fingerprint density at radius 3 is 2.82 bits per heavy atom. The molecule has 1 aromatic rings. The Morgan fingerprint density at radius 1 is 1.47 bits per heavy atom. The molecule has 5 nitrogen and oxygen atoms in total. The summed E-state index contributed by atoms with van der Waals surface area (Å²) in [4.78, 5) is 8.12. The minimum atomic E-state index is 0.155. The van der Waals surface area contributed by atoms with Crippen molar-refractivity contribution in [3.05, 3.63) is 11.8 Å². The first-order valence-corrected chi connectivity index (χ1v) is 5.76. The third kappa shape index (κ3) is 4.56. The molecule has 1 heterocycles. The van der Waals surface area contributed by atoms with Gasteiger partial charge in [-0.25, -0.2) is 4.98 Å². The number of rotatable bonds is 6. The summed E-state index contributed by atoms with van der Waals surface area (Å²) in [6, 6.07) is 0. The fraction of sp³-hybridized carbons (Fsp3) is 0.667. The van der Waals surface area contributed by atoms with Crippen LogP contribution in [0.2, 0.25) is 0 Å². The second kappa shape index (κ2) is 5.82. The second-order valence-electron chi connectivity index (χ2n) is 5.02. The molecule has 0 saturated heterocycles. The van der Waals surface area contributed by atoms with E-state index in [1.807, 2.05) is 6.92 Å². The molecule has 0 aliphatic carbocycles. The summed E-state index contributed by atoms with van der Waals surface area (Å²) < 4.78 is 5.10. The molecule has 96 valence electrons. The van der Waals surface area contributed by atoms with Gasteiger partial charge in [-0.2, -0.15) is 4.98 Å².